The maximum atomic E-state index is 13.8. The predicted molar refractivity (Wildman–Crippen MR) is 85.5 cm³/mol. The van der Waals surface area contributed by atoms with Crippen molar-refractivity contribution in [1.29, 1.82) is 0 Å². The molecule has 0 saturated heterocycles. The zero-order valence-electron chi connectivity index (χ0n) is 13.9. The first-order chi connectivity index (χ1) is 11.5. The van der Waals surface area contributed by atoms with E-state index in [0.717, 1.165) is 49.7 Å². The third-order valence-electron chi connectivity index (χ3n) is 6.62. The molecule has 4 aliphatic carbocycles. The van der Waals surface area contributed by atoms with Crippen LogP contribution in [0.25, 0.3) is 0 Å². The van der Waals surface area contributed by atoms with Gasteiger partial charge in [-0.3, -0.25) is 4.79 Å². The van der Waals surface area contributed by atoms with Crippen molar-refractivity contribution in [2.75, 3.05) is 13.7 Å². The highest BCUT2D eigenvalue weighted by atomic mass is 19.1. The van der Waals surface area contributed by atoms with Crippen LogP contribution in [0, 0.1) is 35.3 Å². The van der Waals surface area contributed by atoms with Crippen LogP contribution in [0.5, 0.6) is 0 Å². The van der Waals surface area contributed by atoms with E-state index >= 15 is 0 Å². The molecule has 0 radical (unpaired) electrons. The highest BCUT2D eigenvalue weighted by Gasteiger charge is 2.57. The molecule has 4 fully saturated rings. The predicted octanol–water partition coefficient (Wildman–Crippen LogP) is 3.54. The summed E-state index contributed by atoms with van der Waals surface area (Å²) in [4.78, 5) is 12.3. The third-order valence-corrected chi connectivity index (χ3v) is 6.62. The number of amides is 1. The first-order valence-corrected chi connectivity index (χ1v) is 8.81. The Morgan fingerprint density at radius 1 is 1.12 bits per heavy atom. The van der Waals surface area contributed by atoms with Gasteiger partial charge in [-0.1, -0.05) is 6.07 Å². The zero-order valence-corrected chi connectivity index (χ0v) is 13.9. The number of ether oxygens (including phenoxy) is 1. The van der Waals surface area contributed by atoms with Gasteiger partial charge in [0, 0.05) is 13.7 Å². The van der Waals surface area contributed by atoms with Gasteiger partial charge in [0.2, 0.25) is 0 Å². The molecule has 4 bridgehead atoms. The van der Waals surface area contributed by atoms with Crippen molar-refractivity contribution < 1.29 is 18.3 Å². The molecule has 0 heterocycles. The van der Waals surface area contributed by atoms with E-state index in [1.165, 1.54) is 12.5 Å². The summed E-state index contributed by atoms with van der Waals surface area (Å²) in [6.45, 7) is 0.324. The summed E-state index contributed by atoms with van der Waals surface area (Å²) < 4.78 is 33.6. The normalized spacial score (nSPS) is 36.8. The second-order valence-electron chi connectivity index (χ2n) is 7.74. The highest BCUT2D eigenvalue weighted by molar-refractivity contribution is 5.94. The zero-order chi connectivity index (χ0) is 16.9. The largest absolute Gasteiger partial charge is 0.376 e. The Morgan fingerprint density at radius 3 is 2.17 bits per heavy atom. The van der Waals surface area contributed by atoms with E-state index in [-0.39, 0.29) is 5.60 Å². The lowest BCUT2D eigenvalue weighted by Gasteiger charge is -2.60. The molecule has 0 aliphatic heterocycles. The minimum absolute atomic E-state index is 0.324. The van der Waals surface area contributed by atoms with Crippen LogP contribution in [0.3, 0.4) is 0 Å². The van der Waals surface area contributed by atoms with Gasteiger partial charge in [-0.05, 0) is 67.9 Å². The van der Waals surface area contributed by atoms with E-state index in [1.54, 1.807) is 7.11 Å². The highest BCUT2D eigenvalue weighted by Crippen LogP contribution is 2.59. The minimum Gasteiger partial charge on any atom is -0.376 e. The van der Waals surface area contributed by atoms with Gasteiger partial charge in [-0.15, -0.1) is 0 Å². The Balaban J connectivity index is 1.53. The fourth-order valence-corrected chi connectivity index (χ4v) is 5.70. The number of carbonyl (C=O) groups excluding carboxylic acids is 1. The molecule has 1 amide bonds. The topological polar surface area (TPSA) is 38.3 Å². The molecule has 130 valence electrons. The SMILES string of the molecule is COC1(CNC(=O)c2c(F)cccc2F)C2CC3CC(C2)CC1C3. The molecule has 0 spiro atoms. The Hall–Kier alpha value is -1.49. The lowest BCUT2D eigenvalue weighted by Crippen LogP contribution is -2.63. The first kappa shape index (κ1) is 16.0. The Labute approximate surface area is 140 Å². The van der Waals surface area contributed by atoms with E-state index in [2.05, 4.69) is 5.32 Å². The lowest BCUT2D eigenvalue weighted by atomic mass is 9.49. The number of nitrogens with one attached hydrogen (secondary N) is 1. The number of halogens is 2. The monoisotopic (exact) mass is 335 g/mol. The van der Waals surface area contributed by atoms with Gasteiger partial charge in [-0.25, -0.2) is 8.78 Å². The van der Waals surface area contributed by atoms with Crippen molar-refractivity contribution in [2.45, 2.75) is 37.7 Å². The number of methoxy groups -OCH3 is 1. The second kappa shape index (κ2) is 5.80. The quantitative estimate of drug-likeness (QED) is 0.914. The van der Waals surface area contributed by atoms with Crippen molar-refractivity contribution in [3.8, 4) is 0 Å². The molecule has 5 rings (SSSR count). The number of hydrogen-bond donors (Lipinski definition) is 1. The molecule has 1 aromatic carbocycles. The van der Waals surface area contributed by atoms with Crippen LogP contribution in [0.1, 0.15) is 42.5 Å². The maximum absolute atomic E-state index is 13.8. The van der Waals surface area contributed by atoms with E-state index < -0.39 is 23.1 Å². The van der Waals surface area contributed by atoms with Crippen LogP contribution in [0.2, 0.25) is 0 Å². The molecule has 24 heavy (non-hydrogen) atoms. The van der Waals surface area contributed by atoms with Gasteiger partial charge in [0.15, 0.2) is 0 Å². The molecule has 1 N–H and O–H groups in total. The maximum Gasteiger partial charge on any atom is 0.257 e. The van der Waals surface area contributed by atoms with E-state index in [9.17, 15) is 13.6 Å². The lowest BCUT2D eigenvalue weighted by molar-refractivity contribution is -0.186. The molecule has 4 aliphatic rings. The summed E-state index contributed by atoms with van der Waals surface area (Å²) in [7, 11) is 1.71. The Kier molecular flexibility index (Phi) is 3.87. The number of carbonyl (C=O) groups is 1. The number of hydrogen-bond acceptors (Lipinski definition) is 2. The van der Waals surface area contributed by atoms with Gasteiger partial charge in [0.25, 0.3) is 5.91 Å². The Morgan fingerprint density at radius 2 is 1.67 bits per heavy atom. The summed E-state index contributed by atoms with van der Waals surface area (Å²) in [5.74, 6) is 0.0870. The summed E-state index contributed by atoms with van der Waals surface area (Å²) in [5.41, 5.74) is -0.891. The first-order valence-electron chi connectivity index (χ1n) is 8.81. The van der Waals surface area contributed by atoms with E-state index in [4.69, 9.17) is 4.74 Å². The molecule has 1 aromatic rings. The second-order valence-corrected chi connectivity index (χ2v) is 7.74. The van der Waals surface area contributed by atoms with Gasteiger partial charge < -0.3 is 10.1 Å². The molecule has 3 nitrogen and oxygen atoms in total. The van der Waals surface area contributed by atoms with Gasteiger partial charge in [-0.2, -0.15) is 0 Å². The third kappa shape index (κ3) is 2.36. The van der Waals surface area contributed by atoms with Crippen molar-refractivity contribution in [1.82, 2.24) is 5.32 Å². The van der Waals surface area contributed by atoms with Crippen LogP contribution in [-0.2, 0) is 4.74 Å². The smallest absolute Gasteiger partial charge is 0.257 e. The average Bonchev–Trinajstić information content (AvgIpc) is 2.54. The van der Waals surface area contributed by atoms with Crippen molar-refractivity contribution in [2.24, 2.45) is 23.7 Å². The molecular formula is C19H23F2NO2. The summed E-state index contributed by atoms with van der Waals surface area (Å²) in [5, 5.41) is 2.76. The van der Waals surface area contributed by atoms with Crippen molar-refractivity contribution >= 4 is 5.91 Å². The van der Waals surface area contributed by atoms with Crippen LogP contribution < -0.4 is 5.32 Å². The standard InChI is InChI=1S/C19H23F2NO2/c1-24-19(13-6-11-5-12(8-13)9-14(19)7-11)10-22-18(23)17-15(20)3-2-4-16(17)21/h2-4,11-14H,5-10H2,1H3,(H,22,23). The van der Waals surface area contributed by atoms with Gasteiger partial charge in [0.1, 0.15) is 17.2 Å². The van der Waals surface area contributed by atoms with Crippen LogP contribution in [0.4, 0.5) is 8.78 Å². The molecule has 0 unspecified atom stereocenters. The van der Waals surface area contributed by atoms with E-state index in [1.807, 2.05) is 0 Å². The fourth-order valence-electron chi connectivity index (χ4n) is 5.70. The van der Waals surface area contributed by atoms with Gasteiger partial charge >= 0.3 is 0 Å². The Bertz CT molecular complexity index is 613. The molecule has 4 saturated carbocycles. The summed E-state index contributed by atoms with van der Waals surface area (Å²) in [6, 6.07) is 3.47. The summed E-state index contributed by atoms with van der Waals surface area (Å²) >= 11 is 0. The number of benzene rings is 1. The molecule has 5 heteroatoms. The van der Waals surface area contributed by atoms with Crippen LogP contribution in [-0.4, -0.2) is 25.2 Å². The van der Waals surface area contributed by atoms with Crippen molar-refractivity contribution in [3.05, 3.63) is 35.4 Å². The molecular weight excluding hydrogens is 312 g/mol. The van der Waals surface area contributed by atoms with Crippen molar-refractivity contribution in [3.63, 3.8) is 0 Å². The van der Waals surface area contributed by atoms with Gasteiger partial charge in [0.05, 0.1) is 5.60 Å². The number of rotatable bonds is 4. The van der Waals surface area contributed by atoms with Crippen LogP contribution in [0.15, 0.2) is 18.2 Å². The minimum atomic E-state index is -0.830. The van der Waals surface area contributed by atoms with Crippen LogP contribution >= 0.6 is 0 Å². The molecule has 0 atom stereocenters. The summed E-state index contributed by atoms with van der Waals surface area (Å²) in [6.07, 6.45) is 5.91. The average molecular weight is 335 g/mol. The van der Waals surface area contributed by atoms with E-state index in [0.29, 0.717) is 18.4 Å². The molecule has 0 aromatic heterocycles. The fraction of sp³-hybridized carbons (Fsp3) is 0.632.